The molecule has 25 heavy (non-hydrogen) atoms. The molecule has 0 aliphatic carbocycles. The van der Waals surface area contributed by atoms with Crippen LogP contribution in [-0.4, -0.2) is 11.7 Å². The molecule has 2 nitrogen and oxygen atoms in total. The average Bonchev–Trinajstić information content (AvgIpc) is 2.56. The molecule has 0 bridgehead atoms. The van der Waals surface area contributed by atoms with Crippen LogP contribution in [-0.2, 0) is 6.18 Å². The molecule has 0 saturated carbocycles. The van der Waals surface area contributed by atoms with Crippen molar-refractivity contribution in [1.82, 2.24) is 5.32 Å². The Hall–Kier alpha value is -1.30. The van der Waals surface area contributed by atoms with Gasteiger partial charge in [-0.1, -0.05) is 70.4 Å². The van der Waals surface area contributed by atoms with E-state index in [-0.39, 0.29) is 10.8 Å². The van der Waals surface area contributed by atoms with Crippen molar-refractivity contribution in [1.29, 1.82) is 0 Å². The summed E-state index contributed by atoms with van der Waals surface area (Å²) in [6.45, 7) is 2.89. The third kappa shape index (κ3) is 9.68. The number of hydrogen-bond donors (Lipinski definition) is 2. The number of rotatable bonds is 11. The fourth-order valence-electron chi connectivity index (χ4n) is 2.64. The molecular weight excluding hydrogens is 345 g/mol. The first-order valence-corrected chi connectivity index (χ1v) is 9.57. The Morgan fingerprint density at radius 3 is 2.08 bits per heavy atom. The quantitative estimate of drug-likeness (QED) is 0.340. The van der Waals surface area contributed by atoms with E-state index in [1.807, 2.05) is 0 Å². The lowest BCUT2D eigenvalue weighted by Crippen LogP contribution is -2.30. The normalized spacial score (nSPS) is 11.4. The van der Waals surface area contributed by atoms with Gasteiger partial charge in [-0.05, 0) is 30.8 Å². The van der Waals surface area contributed by atoms with Crippen molar-refractivity contribution < 1.29 is 13.2 Å². The maximum absolute atomic E-state index is 12.9. The Morgan fingerprint density at radius 1 is 0.920 bits per heavy atom. The maximum atomic E-state index is 12.9. The van der Waals surface area contributed by atoms with Gasteiger partial charge in [0.05, 0.1) is 11.3 Å². The first-order chi connectivity index (χ1) is 11.9. The molecule has 0 saturated heterocycles. The number of thiocarbonyl (C=S) groups is 1. The Labute approximate surface area is 154 Å². The number of nitrogens with one attached hydrogen (secondary N) is 2. The van der Waals surface area contributed by atoms with E-state index >= 15 is 0 Å². The second-order valence-corrected chi connectivity index (χ2v) is 6.66. The van der Waals surface area contributed by atoms with Gasteiger partial charge in [-0.2, -0.15) is 13.2 Å². The summed E-state index contributed by atoms with van der Waals surface area (Å²) in [4.78, 5) is 0. The van der Waals surface area contributed by atoms with Gasteiger partial charge in [-0.15, -0.1) is 0 Å². The Kier molecular flexibility index (Phi) is 10.5. The highest BCUT2D eigenvalue weighted by Crippen LogP contribution is 2.34. The summed E-state index contributed by atoms with van der Waals surface area (Å²) in [5.74, 6) is 0. The van der Waals surface area contributed by atoms with E-state index in [0.29, 0.717) is 6.54 Å². The predicted molar refractivity (Wildman–Crippen MR) is 103 cm³/mol. The fraction of sp³-hybridized carbons (Fsp3) is 0.632. The zero-order chi connectivity index (χ0) is 18.5. The number of benzene rings is 1. The van der Waals surface area contributed by atoms with Crippen LogP contribution in [0.15, 0.2) is 24.3 Å². The number of unbranched alkanes of at least 4 members (excludes halogenated alkanes) is 8. The van der Waals surface area contributed by atoms with Gasteiger partial charge in [0.15, 0.2) is 5.11 Å². The topological polar surface area (TPSA) is 24.1 Å². The predicted octanol–water partition coefficient (Wildman–Crippen LogP) is 6.52. The van der Waals surface area contributed by atoms with Crippen molar-refractivity contribution in [2.75, 3.05) is 11.9 Å². The molecule has 1 rings (SSSR count). The molecule has 0 aliphatic heterocycles. The van der Waals surface area contributed by atoms with E-state index < -0.39 is 11.7 Å². The molecule has 0 amide bonds. The standard InChI is InChI=1S/C19H29F3N2S/c1-2-3-4-5-6-7-8-9-12-15-23-18(25)24-17-14-11-10-13-16(17)19(20,21)22/h10-11,13-14H,2-9,12,15H2,1H3,(H2,23,24,25). The van der Waals surface area contributed by atoms with Gasteiger partial charge in [0.25, 0.3) is 0 Å². The first-order valence-electron chi connectivity index (χ1n) is 9.16. The van der Waals surface area contributed by atoms with Crippen molar-refractivity contribution in [3.05, 3.63) is 29.8 Å². The molecular formula is C19H29F3N2S. The Balaban J connectivity index is 2.16. The summed E-state index contributed by atoms with van der Waals surface area (Å²) in [5, 5.41) is 5.86. The van der Waals surface area contributed by atoms with Gasteiger partial charge in [0.1, 0.15) is 0 Å². The lowest BCUT2D eigenvalue weighted by Gasteiger charge is -2.15. The zero-order valence-corrected chi connectivity index (χ0v) is 15.7. The molecule has 2 N–H and O–H groups in total. The van der Waals surface area contributed by atoms with Gasteiger partial charge in [0, 0.05) is 6.54 Å². The lowest BCUT2D eigenvalue weighted by molar-refractivity contribution is -0.136. The largest absolute Gasteiger partial charge is 0.418 e. The Bertz CT molecular complexity index is 504. The maximum Gasteiger partial charge on any atom is 0.418 e. The van der Waals surface area contributed by atoms with Crippen molar-refractivity contribution in [2.45, 2.75) is 70.9 Å². The summed E-state index contributed by atoms with van der Waals surface area (Å²) in [5.41, 5.74) is -0.721. The van der Waals surface area contributed by atoms with Crippen molar-refractivity contribution >= 4 is 23.0 Å². The van der Waals surface area contributed by atoms with Crippen LogP contribution in [0.5, 0.6) is 0 Å². The summed E-state index contributed by atoms with van der Waals surface area (Å²) in [7, 11) is 0. The van der Waals surface area contributed by atoms with Crippen molar-refractivity contribution in [2.24, 2.45) is 0 Å². The fourth-order valence-corrected chi connectivity index (χ4v) is 2.86. The van der Waals surface area contributed by atoms with Crippen LogP contribution in [0.25, 0.3) is 0 Å². The molecule has 0 spiro atoms. The molecule has 0 radical (unpaired) electrons. The number of para-hydroxylation sites is 1. The average molecular weight is 375 g/mol. The molecule has 142 valence electrons. The highest BCUT2D eigenvalue weighted by atomic mass is 32.1. The number of halogens is 3. The van der Waals surface area contributed by atoms with E-state index in [9.17, 15) is 13.2 Å². The number of anilines is 1. The number of hydrogen-bond acceptors (Lipinski definition) is 1. The monoisotopic (exact) mass is 374 g/mol. The minimum Gasteiger partial charge on any atom is -0.362 e. The molecule has 1 aromatic carbocycles. The summed E-state index contributed by atoms with van der Waals surface area (Å²) in [6, 6.07) is 5.36. The molecule has 0 heterocycles. The van der Waals surface area contributed by atoms with E-state index in [2.05, 4.69) is 17.6 Å². The van der Waals surface area contributed by atoms with Crippen LogP contribution in [0.3, 0.4) is 0 Å². The molecule has 0 aromatic heterocycles. The van der Waals surface area contributed by atoms with Crippen LogP contribution >= 0.6 is 12.2 Å². The van der Waals surface area contributed by atoms with Crippen molar-refractivity contribution in [3.63, 3.8) is 0 Å². The zero-order valence-electron chi connectivity index (χ0n) is 14.9. The highest BCUT2D eigenvalue weighted by Gasteiger charge is 2.33. The summed E-state index contributed by atoms with van der Waals surface area (Å²) in [6.07, 6.45) is 6.68. The van der Waals surface area contributed by atoms with Gasteiger partial charge in [-0.25, -0.2) is 0 Å². The molecule has 0 aliphatic rings. The number of alkyl halides is 3. The molecule has 6 heteroatoms. The van der Waals surface area contributed by atoms with Crippen LogP contribution < -0.4 is 10.6 Å². The summed E-state index contributed by atoms with van der Waals surface area (Å²) < 4.78 is 38.8. The summed E-state index contributed by atoms with van der Waals surface area (Å²) >= 11 is 5.09. The first kappa shape index (κ1) is 21.7. The smallest absolute Gasteiger partial charge is 0.362 e. The second kappa shape index (κ2) is 12.1. The van der Waals surface area contributed by atoms with Crippen LogP contribution in [0.1, 0.15) is 70.3 Å². The molecule has 0 fully saturated rings. The third-order valence-corrected chi connectivity index (χ3v) is 4.29. The molecule has 0 unspecified atom stereocenters. The highest BCUT2D eigenvalue weighted by molar-refractivity contribution is 7.80. The van der Waals surface area contributed by atoms with Crippen molar-refractivity contribution in [3.8, 4) is 0 Å². The molecule has 0 atom stereocenters. The van der Waals surface area contributed by atoms with Gasteiger partial charge >= 0.3 is 6.18 Å². The molecule has 1 aromatic rings. The van der Waals surface area contributed by atoms with E-state index in [1.54, 1.807) is 6.07 Å². The minimum atomic E-state index is -4.39. The van der Waals surface area contributed by atoms with Gasteiger partial charge in [-0.3, -0.25) is 0 Å². The Morgan fingerprint density at radius 2 is 1.48 bits per heavy atom. The van der Waals surface area contributed by atoms with Crippen LogP contribution in [0.4, 0.5) is 18.9 Å². The van der Waals surface area contributed by atoms with E-state index in [4.69, 9.17) is 12.2 Å². The second-order valence-electron chi connectivity index (χ2n) is 6.25. The van der Waals surface area contributed by atoms with Gasteiger partial charge in [0.2, 0.25) is 0 Å². The van der Waals surface area contributed by atoms with Crippen LogP contribution in [0.2, 0.25) is 0 Å². The minimum absolute atomic E-state index is 0.0143. The van der Waals surface area contributed by atoms with E-state index in [0.717, 1.165) is 18.9 Å². The third-order valence-electron chi connectivity index (χ3n) is 4.05. The van der Waals surface area contributed by atoms with E-state index in [1.165, 1.54) is 57.1 Å². The lowest BCUT2D eigenvalue weighted by atomic mass is 10.1. The van der Waals surface area contributed by atoms with Crippen LogP contribution in [0, 0.1) is 0 Å². The van der Waals surface area contributed by atoms with Gasteiger partial charge < -0.3 is 10.6 Å². The SMILES string of the molecule is CCCCCCCCCCCNC(=S)Nc1ccccc1C(F)(F)F.